The van der Waals surface area contributed by atoms with E-state index < -0.39 is 37.7 Å². The fraction of sp³-hybridized carbons (Fsp3) is 0.611. The number of pyridine rings is 1. The Morgan fingerprint density at radius 2 is 1.88 bits per heavy atom. The maximum atomic E-state index is 12.5. The van der Waals surface area contributed by atoms with E-state index in [1.54, 1.807) is 18.2 Å². The van der Waals surface area contributed by atoms with Crippen molar-refractivity contribution in [2.24, 2.45) is 0 Å². The van der Waals surface area contributed by atoms with E-state index in [-0.39, 0.29) is 5.69 Å². The van der Waals surface area contributed by atoms with Gasteiger partial charge in [0.15, 0.2) is 6.04 Å². The Bertz CT molecular complexity index is 563. The Balaban J connectivity index is 3.10. The highest BCUT2D eigenvalue weighted by atomic mass is 28.3. The first kappa shape index (κ1) is 21.3. The molecule has 6 nitrogen and oxygen atoms in total. The van der Waals surface area contributed by atoms with Crippen LogP contribution in [0, 0.1) is 0 Å². The van der Waals surface area contributed by atoms with Gasteiger partial charge >= 0.3 is 5.97 Å². The zero-order chi connectivity index (χ0) is 19.3. The van der Waals surface area contributed by atoms with Gasteiger partial charge in [0.2, 0.25) is 0 Å². The second kappa shape index (κ2) is 8.58. The Kier molecular flexibility index (Phi) is 7.31. The van der Waals surface area contributed by atoms with E-state index in [0.717, 1.165) is 0 Å². The average Bonchev–Trinajstić information content (AvgIpc) is 2.49. The molecule has 2 atom stereocenters. The van der Waals surface area contributed by atoms with Crippen LogP contribution >= 0.6 is 0 Å². The molecule has 1 aromatic rings. The van der Waals surface area contributed by atoms with E-state index in [2.05, 4.69) is 29.9 Å². The zero-order valence-corrected chi connectivity index (χ0v) is 17.3. The Labute approximate surface area is 151 Å². The largest absolute Gasteiger partial charge is 0.467 e. The molecule has 140 valence electrons. The van der Waals surface area contributed by atoms with E-state index >= 15 is 0 Å². The maximum absolute atomic E-state index is 12.5. The van der Waals surface area contributed by atoms with Crippen LogP contribution in [0.1, 0.15) is 31.3 Å². The van der Waals surface area contributed by atoms with E-state index in [4.69, 9.17) is 9.47 Å². The van der Waals surface area contributed by atoms with Crippen molar-refractivity contribution in [3.05, 3.63) is 30.1 Å². The normalized spacial score (nSPS) is 14.5. The zero-order valence-electron chi connectivity index (χ0n) is 16.3. The van der Waals surface area contributed by atoms with Crippen LogP contribution in [0.15, 0.2) is 24.4 Å². The van der Waals surface area contributed by atoms with Gasteiger partial charge in [-0.1, -0.05) is 25.7 Å². The summed E-state index contributed by atoms with van der Waals surface area (Å²) in [5, 5.41) is 2.75. The first-order chi connectivity index (χ1) is 11.4. The predicted molar refractivity (Wildman–Crippen MR) is 100 cm³/mol. The first-order valence-electron chi connectivity index (χ1n) is 8.40. The van der Waals surface area contributed by atoms with Crippen molar-refractivity contribution in [3.63, 3.8) is 0 Å². The van der Waals surface area contributed by atoms with E-state index in [1.165, 1.54) is 13.3 Å². The van der Waals surface area contributed by atoms with Gasteiger partial charge in [0.05, 0.1) is 18.8 Å². The summed E-state index contributed by atoms with van der Waals surface area (Å²) in [6.45, 7) is 12.4. The van der Waals surface area contributed by atoms with Crippen molar-refractivity contribution < 1.29 is 19.1 Å². The van der Waals surface area contributed by atoms with Gasteiger partial charge in [-0.15, -0.1) is 0 Å². The lowest BCUT2D eigenvalue weighted by Crippen LogP contribution is -2.54. The third-order valence-electron chi connectivity index (χ3n) is 3.33. The Morgan fingerprint density at radius 3 is 2.32 bits per heavy atom. The molecule has 1 unspecified atom stereocenters. The van der Waals surface area contributed by atoms with Crippen LogP contribution < -0.4 is 5.32 Å². The fourth-order valence-electron chi connectivity index (χ4n) is 2.43. The Hall–Kier alpha value is -1.73. The number of amides is 1. The molecular formula is C18H30N2O4Si. The third kappa shape index (κ3) is 7.79. The third-order valence-corrected chi connectivity index (χ3v) is 4.96. The number of nitrogens with one attached hydrogen (secondary N) is 1. The minimum Gasteiger partial charge on any atom is -0.467 e. The van der Waals surface area contributed by atoms with Crippen molar-refractivity contribution >= 4 is 20.0 Å². The minimum atomic E-state index is -1.57. The molecule has 0 bridgehead atoms. The van der Waals surface area contributed by atoms with Gasteiger partial charge in [0, 0.05) is 14.3 Å². The number of esters is 1. The molecule has 0 aliphatic carbocycles. The van der Waals surface area contributed by atoms with Gasteiger partial charge in [0.25, 0.3) is 5.91 Å². The molecule has 0 saturated heterocycles. The van der Waals surface area contributed by atoms with Gasteiger partial charge in [-0.25, -0.2) is 4.79 Å². The summed E-state index contributed by atoms with van der Waals surface area (Å²) in [5.74, 6) is -0.939. The predicted octanol–water partition coefficient (Wildman–Crippen LogP) is 2.87. The van der Waals surface area contributed by atoms with Gasteiger partial charge in [-0.3, -0.25) is 9.78 Å². The summed E-state index contributed by atoms with van der Waals surface area (Å²) in [7, 11) is -0.261. The number of nitrogens with zero attached hydrogens (tertiary/aromatic N) is 1. The van der Waals surface area contributed by atoms with Crippen LogP contribution in [0.2, 0.25) is 25.7 Å². The van der Waals surface area contributed by atoms with Gasteiger partial charge in [-0.2, -0.15) is 0 Å². The standard InChI is InChI=1S/C18H30N2O4Si/c1-18(2,3)24-14(12-25(5,6)7)15(17(22)23-4)20-16(21)13-10-8-9-11-19-13/h8-11,14-15H,12H2,1-7H3,(H,20,21)/t14?,15-/m0/s1. The highest BCUT2D eigenvalue weighted by molar-refractivity contribution is 6.76. The molecular weight excluding hydrogens is 336 g/mol. The van der Waals surface area contributed by atoms with Crippen LogP contribution in [0.4, 0.5) is 0 Å². The van der Waals surface area contributed by atoms with Crippen LogP contribution in [0.25, 0.3) is 0 Å². The van der Waals surface area contributed by atoms with E-state index in [0.29, 0.717) is 6.04 Å². The molecule has 1 amide bonds. The summed E-state index contributed by atoms with van der Waals surface area (Å²) in [6.07, 6.45) is 1.07. The monoisotopic (exact) mass is 366 g/mol. The van der Waals surface area contributed by atoms with Crippen molar-refractivity contribution in [1.29, 1.82) is 0 Å². The van der Waals surface area contributed by atoms with Crippen molar-refractivity contribution in [1.82, 2.24) is 10.3 Å². The summed E-state index contributed by atoms with van der Waals surface area (Å²) in [4.78, 5) is 28.9. The number of hydrogen-bond acceptors (Lipinski definition) is 5. The fourth-order valence-corrected chi connectivity index (χ4v) is 3.95. The quantitative estimate of drug-likeness (QED) is 0.593. The highest BCUT2D eigenvalue weighted by Gasteiger charge is 2.37. The second-order valence-electron chi connectivity index (χ2n) is 8.22. The van der Waals surface area contributed by atoms with Crippen molar-refractivity contribution in [2.75, 3.05) is 7.11 Å². The molecule has 0 aromatic carbocycles. The SMILES string of the molecule is COC(=O)[C@@H](NC(=O)c1ccccn1)C(C[Si](C)(C)C)OC(C)(C)C. The molecule has 25 heavy (non-hydrogen) atoms. The number of aromatic nitrogens is 1. The molecule has 0 spiro atoms. The number of carbonyl (C=O) groups excluding carboxylic acids is 2. The average molecular weight is 367 g/mol. The number of rotatable bonds is 7. The summed E-state index contributed by atoms with van der Waals surface area (Å²) < 4.78 is 11.1. The molecule has 0 radical (unpaired) electrons. The molecule has 0 aliphatic heterocycles. The van der Waals surface area contributed by atoms with Crippen LogP contribution in [-0.2, 0) is 14.3 Å². The van der Waals surface area contributed by atoms with Crippen molar-refractivity contribution in [2.45, 2.75) is 64.2 Å². The summed E-state index contributed by atoms with van der Waals surface area (Å²) in [5.41, 5.74) is -0.203. The molecule has 0 aliphatic rings. The van der Waals surface area contributed by atoms with Gasteiger partial charge in [-0.05, 0) is 38.9 Å². The molecule has 0 fully saturated rings. The maximum Gasteiger partial charge on any atom is 0.331 e. The minimum absolute atomic E-state index is 0.249. The smallest absolute Gasteiger partial charge is 0.331 e. The molecule has 1 heterocycles. The highest BCUT2D eigenvalue weighted by Crippen LogP contribution is 2.23. The molecule has 7 heteroatoms. The summed E-state index contributed by atoms with van der Waals surface area (Å²) in [6, 6.07) is 4.88. The molecule has 1 rings (SSSR count). The molecule has 0 saturated carbocycles. The molecule has 1 aromatic heterocycles. The van der Waals surface area contributed by atoms with Crippen LogP contribution in [0.3, 0.4) is 0 Å². The number of methoxy groups -OCH3 is 1. The summed E-state index contributed by atoms with van der Waals surface area (Å²) >= 11 is 0. The lowest BCUT2D eigenvalue weighted by molar-refractivity contribution is -0.150. The first-order valence-corrected chi connectivity index (χ1v) is 12.1. The molecule has 1 N–H and O–H groups in total. The number of hydrogen-bond donors (Lipinski definition) is 1. The lowest BCUT2D eigenvalue weighted by atomic mass is 10.1. The topological polar surface area (TPSA) is 77.5 Å². The number of ether oxygens (including phenoxy) is 2. The van der Waals surface area contributed by atoms with E-state index in [9.17, 15) is 9.59 Å². The van der Waals surface area contributed by atoms with E-state index in [1.807, 2.05) is 20.8 Å². The number of carbonyl (C=O) groups is 2. The van der Waals surface area contributed by atoms with Gasteiger partial charge < -0.3 is 14.8 Å². The van der Waals surface area contributed by atoms with Crippen LogP contribution in [0.5, 0.6) is 0 Å². The lowest BCUT2D eigenvalue weighted by Gasteiger charge is -2.35. The second-order valence-corrected chi connectivity index (χ2v) is 13.8. The van der Waals surface area contributed by atoms with Gasteiger partial charge in [0.1, 0.15) is 5.69 Å². The van der Waals surface area contributed by atoms with Crippen LogP contribution in [-0.4, -0.2) is 49.8 Å². The van der Waals surface area contributed by atoms with Crippen molar-refractivity contribution in [3.8, 4) is 0 Å². The Morgan fingerprint density at radius 1 is 1.24 bits per heavy atom.